The highest BCUT2D eigenvalue weighted by molar-refractivity contribution is 6.33. The van der Waals surface area contributed by atoms with Crippen LogP contribution in [0.25, 0.3) is 0 Å². The zero-order valence-corrected chi connectivity index (χ0v) is 10.9. The summed E-state index contributed by atoms with van der Waals surface area (Å²) in [6.45, 7) is 0.665. The van der Waals surface area contributed by atoms with Gasteiger partial charge in [-0.2, -0.15) is 0 Å². The molecule has 0 saturated heterocycles. The third-order valence-corrected chi connectivity index (χ3v) is 2.99. The Balaban J connectivity index is 2.06. The van der Waals surface area contributed by atoms with Crippen LogP contribution in [0.1, 0.15) is 5.56 Å². The minimum Gasteiger partial charge on any atom is -0.497 e. The number of rotatable bonds is 4. The lowest BCUT2D eigenvalue weighted by Crippen LogP contribution is -2.03. The topological polar surface area (TPSA) is 47.3 Å². The summed E-state index contributed by atoms with van der Waals surface area (Å²) in [6.07, 6.45) is 0. The first-order valence-electron chi connectivity index (χ1n) is 5.61. The minimum absolute atomic E-state index is 0.628. The van der Waals surface area contributed by atoms with Crippen LogP contribution >= 0.6 is 11.6 Å². The Bertz CT molecular complexity index is 506. The summed E-state index contributed by atoms with van der Waals surface area (Å²) in [7, 11) is 1.65. The molecule has 0 fully saturated rings. The molecule has 0 spiro atoms. The Labute approximate surface area is 112 Å². The highest BCUT2D eigenvalue weighted by Crippen LogP contribution is 2.28. The molecule has 0 bridgehead atoms. The molecule has 3 nitrogen and oxygen atoms in total. The number of hydrogen-bond donors (Lipinski definition) is 2. The Morgan fingerprint density at radius 3 is 2.50 bits per heavy atom. The third-order valence-electron chi connectivity index (χ3n) is 2.67. The average molecular weight is 263 g/mol. The van der Waals surface area contributed by atoms with Crippen molar-refractivity contribution < 1.29 is 4.74 Å². The van der Waals surface area contributed by atoms with E-state index < -0.39 is 0 Å². The zero-order valence-electron chi connectivity index (χ0n) is 10.1. The van der Waals surface area contributed by atoms with E-state index >= 15 is 0 Å². The van der Waals surface area contributed by atoms with Gasteiger partial charge < -0.3 is 15.8 Å². The van der Waals surface area contributed by atoms with Gasteiger partial charge in [0.15, 0.2) is 0 Å². The summed E-state index contributed by atoms with van der Waals surface area (Å²) in [4.78, 5) is 0. The van der Waals surface area contributed by atoms with Crippen LogP contribution in [0.5, 0.6) is 5.75 Å². The predicted molar refractivity (Wildman–Crippen MR) is 76.2 cm³/mol. The molecule has 0 saturated carbocycles. The third kappa shape index (κ3) is 2.87. The van der Waals surface area contributed by atoms with Gasteiger partial charge in [-0.3, -0.25) is 0 Å². The summed E-state index contributed by atoms with van der Waals surface area (Å²) in [6, 6.07) is 13.3. The summed E-state index contributed by atoms with van der Waals surface area (Å²) < 4.78 is 5.11. The van der Waals surface area contributed by atoms with Crippen molar-refractivity contribution in [2.75, 3.05) is 18.2 Å². The molecule has 94 valence electrons. The Kier molecular flexibility index (Phi) is 3.95. The minimum atomic E-state index is 0.628. The quantitative estimate of drug-likeness (QED) is 0.829. The first-order chi connectivity index (χ1) is 8.70. The van der Waals surface area contributed by atoms with Gasteiger partial charge >= 0.3 is 0 Å². The molecule has 3 N–H and O–H groups in total. The van der Waals surface area contributed by atoms with Crippen molar-refractivity contribution >= 4 is 23.0 Å². The second kappa shape index (κ2) is 5.65. The van der Waals surface area contributed by atoms with Crippen LogP contribution < -0.4 is 15.8 Å². The molecule has 0 unspecified atom stereocenters. The predicted octanol–water partition coefficient (Wildman–Crippen LogP) is 3.54. The summed E-state index contributed by atoms with van der Waals surface area (Å²) >= 11 is 6.08. The first kappa shape index (κ1) is 12.6. The maximum absolute atomic E-state index is 6.08. The van der Waals surface area contributed by atoms with E-state index in [2.05, 4.69) is 5.32 Å². The van der Waals surface area contributed by atoms with Crippen LogP contribution in [0.15, 0.2) is 42.5 Å². The van der Waals surface area contributed by atoms with Gasteiger partial charge in [0.2, 0.25) is 0 Å². The largest absolute Gasteiger partial charge is 0.497 e. The molecule has 2 aromatic carbocycles. The average Bonchev–Trinajstić information content (AvgIpc) is 2.39. The van der Waals surface area contributed by atoms with E-state index in [0.29, 0.717) is 17.3 Å². The van der Waals surface area contributed by atoms with E-state index in [9.17, 15) is 0 Å². The van der Waals surface area contributed by atoms with Crippen LogP contribution in [-0.4, -0.2) is 7.11 Å². The number of para-hydroxylation sites is 1. The zero-order chi connectivity index (χ0) is 13.0. The molecule has 0 heterocycles. The van der Waals surface area contributed by atoms with E-state index in [1.165, 1.54) is 0 Å². The Hall–Kier alpha value is -1.87. The molecule has 2 aromatic rings. The summed E-state index contributed by atoms with van der Waals surface area (Å²) in [5.74, 6) is 0.844. The molecule has 0 radical (unpaired) electrons. The van der Waals surface area contributed by atoms with Crippen molar-refractivity contribution in [1.29, 1.82) is 0 Å². The molecule has 0 aliphatic carbocycles. The van der Waals surface area contributed by atoms with E-state index in [4.69, 9.17) is 22.1 Å². The second-order valence-electron chi connectivity index (χ2n) is 3.91. The van der Waals surface area contributed by atoms with E-state index in [1.807, 2.05) is 42.5 Å². The van der Waals surface area contributed by atoms with Gasteiger partial charge in [-0.05, 0) is 29.8 Å². The normalized spacial score (nSPS) is 10.1. The van der Waals surface area contributed by atoms with Crippen molar-refractivity contribution in [1.82, 2.24) is 0 Å². The van der Waals surface area contributed by atoms with Crippen LogP contribution in [0, 0.1) is 0 Å². The highest BCUT2D eigenvalue weighted by Gasteiger charge is 2.03. The Morgan fingerprint density at radius 2 is 1.89 bits per heavy atom. The standard InChI is InChI=1S/C14H15ClN2O/c1-18-11-7-5-10(6-8-11)9-17-14-12(15)3-2-4-13(14)16/h2-8,17H,9,16H2,1H3. The molecule has 2 rings (SSSR count). The second-order valence-corrected chi connectivity index (χ2v) is 4.31. The van der Waals surface area contributed by atoms with Crippen molar-refractivity contribution in [3.8, 4) is 5.75 Å². The van der Waals surface area contributed by atoms with Gasteiger partial charge in [-0.25, -0.2) is 0 Å². The fourth-order valence-electron chi connectivity index (χ4n) is 1.66. The van der Waals surface area contributed by atoms with Crippen molar-refractivity contribution in [2.24, 2.45) is 0 Å². The van der Waals surface area contributed by atoms with Gasteiger partial charge in [-0.1, -0.05) is 29.8 Å². The fraction of sp³-hybridized carbons (Fsp3) is 0.143. The van der Waals surface area contributed by atoms with Crippen LogP contribution in [-0.2, 0) is 6.54 Å². The molecule has 0 amide bonds. The Morgan fingerprint density at radius 1 is 1.17 bits per heavy atom. The first-order valence-corrected chi connectivity index (χ1v) is 5.99. The van der Waals surface area contributed by atoms with E-state index in [1.54, 1.807) is 7.11 Å². The lowest BCUT2D eigenvalue weighted by molar-refractivity contribution is 0.414. The van der Waals surface area contributed by atoms with Crippen LogP contribution in [0.2, 0.25) is 5.02 Å². The van der Waals surface area contributed by atoms with Crippen molar-refractivity contribution in [2.45, 2.75) is 6.54 Å². The highest BCUT2D eigenvalue weighted by atomic mass is 35.5. The molecule has 0 aliphatic rings. The molecule has 18 heavy (non-hydrogen) atoms. The number of ether oxygens (including phenoxy) is 1. The molecule has 0 atom stereocenters. The smallest absolute Gasteiger partial charge is 0.118 e. The maximum atomic E-state index is 6.08. The number of anilines is 2. The SMILES string of the molecule is COc1ccc(CNc2c(N)cccc2Cl)cc1. The molecular weight excluding hydrogens is 248 g/mol. The maximum Gasteiger partial charge on any atom is 0.118 e. The summed E-state index contributed by atoms with van der Waals surface area (Å²) in [5.41, 5.74) is 8.42. The fourth-order valence-corrected chi connectivity index (χ4v) is 1.91. The monoisotopic (exact) mass is 262 g/mol. The number of nitrogens with one attached hydrogen (secondary N) is 1. The number of nitrogens with two attached hydrogens (primary N) is 1. The van der Waals surface area contributed by atoms with E-state index in [-0.39, 0.29) is 0 Å². The van der Waals surface area contributed by atoms with Gasteiger partial charge in [0.05, 0.1) is 23.5 Å². The number of hydrogen-bond acceptors (Lipinski definition) is 3. The molecular formula is C14H15ClN2O. The lowest BCUT2D eigenvalue weighted by atomic mass is 10.2. The van der Waals surface area contributed by atoms with Crippen molar-refractivity contribution in [3.05, 3.63) is 53.1 Å². The molecule has 4 heteroatoms. The van der Waals surface area contributed by atoms with Gasteiger partial charge in [0.25, 0.3) is 0 Å². The van der Waals surface area contributed by atoms with Crippen LogP contribution in [0.4, 0.5) is 11.4 Å². The summed E-state index contributed by atoms with van der Waals surface area (Å²) in [5, 5.41) is 3.87. The molecule has 0 aliphatic heterocycles. The number of benzene rings is 2. The van der Waals surface area contributed by atoms with Gasteiger partial charge in [-0.15, -0.1) is 0 Å². The van der Waals surface area contributed by atoms with Gasteiger partial charge in [0.1, 0.15) is 5.75 Å². The number of nitrogen functional groups attached to an aromatic ring is 1. The number of methoxy groups -OCH3 is 1. The van der Waals surface area contributed by atoms with Crippen LogP contribution in [0.3, 0.4) is 0 Å². The lowest BCUT2D eigenvalue weighted by Gasteiger charge is -2.11. The molecule has 0 aromatic heterocycles. The van der Waals surface area contributed by atoms with Crippen molar-refractivity contribution in [3.63, 3.8) is 0 Å². The number of halogens is 1. The van der Waals surface area contributed by atoms with Gasteiger partial charge in [0, 0.05) is 6.54 Å². The van der Waals surface area contributed by atoms with E-state index in [0.717, 1.165) is 17.0 Å².